The quantitative estimate of drug-likeness (QED) is 0.502. The topological polar surface area (TPSA) is 27.1 Å². The van der Waals surface area contributed by atoms with Crippen LogP contribution in [0.25, 0.3) is 0 Å². The van der Waals surface area contributed by atoms with Crippen molar-refractivity contribution in [2.45, 2.75) is 56.9 Å². The lowest BCUT2D eigenvalue weighted by molar-refractivity contribution is 0.229. The van der Waals surface area contributed by atoms with Crippen LogP contribution in [0.2, 0.25) is 0 Å². The number of nitrogens with one attached hydrogen (secondary N) is 1. The average Bonchev–Trinajstić information content (AvgIpc) is 2.82. The molecular formula is C12H20N2. The van der Waals surface area contributed by atoms with Crippen LogP contribution in [-0.2, 0) is 0 Å². The summed E-state index contributed by atoms with van der Waals surface area (Å²) in [4.78, 5) is 2.48. The van der Waals surface area contributed by atoms with Gasteiger partial charge < -0.3 is 4.90 Å². The molecule has 14 heavy (non-hydrogen) atoms. The molecule has 1 N–H and O–H groups in total. The summed E-state index contributed by atoms with van der Waals surface area (Å²) in [6.45, 7) is 1.18. The molecule has 78 valence electrons. The van der Waals surface area contributed by atoms with Crippen molar-refractivity contribution in [1.82, 2.24) is 4.90 Å². The zero-order valence-corrected chi connectivity index (χ0v) is 8.89. The highest BCUT2D eigenvalue weighted by Gasteiger charge is 2.46. The summed E-state index contributed by atoms with van der Waals surface area (Å²) >= 11 is 0. The van der Waals surface area contributed by atoms with Crippen LogP contribution in [0.4, 0.5) is 0 Å². The molecule has 1 aliphatic heterocycles. The molecule has 1 saturated heterocycles. The number of rotatable bonds is 1. The molecule has 0 aromatic rings. The van der Waals surface area contributed by atoms with Crippen molar-refractivity contribution in [3.63, 3.8) is 0 Å². The van der Waals surface area contributed by atoms with Crippen LogP contribution in [0.15, 0.2) is 0 Å². The van der Waals surface area contributed by atoms with Crippen LogP contribution in [0.3, 0.4) is 0 Å². The second-order valence-corrected chi connectivity index (χ2v) is 5.35. The van der Waals surface area contributed by atoms with Gasteiger partial charge in [-0.05, 0) is 38.5 Å². The Labute approximate surface area is 86.2 Å². The molecule has 0 atom stereocenters. The molecule has 0 bridgehead atoms. The van der Waals surface area contributed by atoms with E-state index in [1.165, 1.54) is 57.9 Å². The predicted molar refractivity (Wildman–Crippen MR) is 57.6 cm³/mol. The molecule has 0 amide bonds. The third kappa shape index (κ3) is 1.19. The van der Waals surface area contributed by atoms with Crippen molar-refractivity contribution < 1.29 is 0 Å². The second kappa shape index (κ2) is 2.98. The molecule has 1 heterocycles. The molecule has 3 aliphatic rings. The van der Waals surface area contributed by atoms with Gasteiger partial charge in [0.15, 0.2) is 0 Å². The normalized spacial score (nSPS) is 30.1. The van der Waals surface area contributed by atoms with Gasteiger partial charge >= 0.3 is 0 Å². The van der Waals surface area contributed by atoms with Gasteiger partial charge in [0.1, 0.15) is 0 Å². The van der Waals surface area contributed by atoms with E-state index in [4.69, 9.17) is 5.41 Å². The lowest BCUT2D eigenvalue weighted by Gasteiger charge is -2.37. The monoisotopic (exact) mass is 192 g/mol. The van der Waals surface area contributed by atoms with Crippen LogP contribution >= 0.6 is 0 Å². The van der Waals surface area contributed by atoms with E-state index in [9.17, 15) is 0 Å². The lowest BCUT2D eigenvalue weighted by Crippen LogP contribution is -2.45. The summed E-state index contributed by atoms with van der Waals surface area (Å²) in [6, 6.07) is 0. The van der Waals surface area contributed by atoms with Crippen LogP contribution < -0.4 is 0 Å². The molecule has 1 spiro atoms. The number of likely N-dealkylation sites (tertiary alicyclic amines) is 1. The molecule has 3 fully saturated rings. The third-order valence-corrected chi connectivity index (χ3v) is 4.39. The van der Waals surface area contributed by atoms with Crippen molar-refractivity contribution in [3.8, 4) is 0 Å². The number of hydrogen-bond acceptors (Lipinski definition) is 1. The first-order chi connectivity index (χ1) is 6.82. The van der Waals surface area contributed by atoms with Crippen molar-refractivity contribution in [1.29, 1.82) is 5.41 Å². The fraction of sp³-hybridized carbons (Fsp3) is 0.917. The highest BCUT2D eigenvalue weighted by molar-refractivity contribution is 5.84. The lowest BCUT2D eigenvalue weighted by atomic mass is 9.94. The minimum Gasteiger partial charge on any atom is -0.355 e. The minimum absolute atomic E-state index is 0.458. The summed E-state index contributed by atoms with van der Waals surface area (Å²) in [6.07, 6.45) is 10.8. The predicted octanol–water partition coefficient (Wildman–Crippen LogP) is 2.78. The van der Waals surface area contributed by atoms with E-state index in [2.05, 4.69) is 4.90 Å². The molecule has 3 rings (SSSR count). The summed E-state index contributed by atoms with van der Waals surface area (Å²) in [5.74, 6) is 1.63. The summed E-state index contributed by atoms with van der Waals surface area (Å²) in [7, 11) is 0. The second-order valence-electron chi connectivity index (χ2n) is 5.35. The first-order valence-corrected chi connectivity index (χ1v) is 6.18. The minimum atomic E-state index is 0.458. The van der Waals surface area contributed by atoms with Gasteiger partial charge in [0.05, 0.1) is 5.84 Å². The van der Waals surface area contributed by atoms with Gasteiger partial charge in [0, 0.05) is 18.0 Å². The molecule has 0 aromatic carbocycles. The Morgan fingerprint density at radius 1 is 1.07 bits per heavy atom. The van der Waals surface area contributed by atoms with E-state index < -0.39 is 0 Å². The highest BCUT2D eigenvalue weighted by Crippen LogP contribution is 2.45. The van der Waals surface area contributed by atoms with Gasteiger partial charge in [0.25, 0.3) is 0 Å². The van der Waals surface area contributed by atoms with Gasteiger partial charge in [-0.2, -0.15) is 0 Å². The van der Waals surface area contributed by atoms with Crippen molar-refractivity contribution in [2.75, 3.05) is 6.54 Å². The highest BCUT2D eigenvalue weighted by atomic mass is 15.3. The molecular weight excluding hydrogens is 172 g/mol. The Bertz CT molecular complexity index is 244. The zero-order chi connectivity index (χ0) is 9.60. The number of hydrogen-bond donors (Lipinski definition) is 1. The summed E-state index contributed by atoms with van der Waals surface area (Å²) < 4.78 is 0. The third-order valence-electron chi connectivity index (χ3n) is 4.39. The van der Waals surface area contributed by atoms with E-state index in [0.29, 0.717) is 11.5 Å². The van der Waals surface area contributed by atoms with Gasteiger partial charge in [-0.3, -0.25) is 5.41 Å². The van der Waals surface area contributed by atoms with Gasteiger partial charge in [-0.15, -0.1) is 0 Å². The van der Waals surface area contributed by atoms with Gasteiger partial charge in [0.2, 0.25) is 0 Å². The standard InChI is InChI=1S/C12H20N2/c13-11(10-4-5-10)14-9-3-8-12(14)6-1-2-7-12/h10,13H,1-9H2. The number of nitrogens with zero attached hydrogens (tertiary/aromatic N) is 1. The SMILES string of the molecule is N=C(C1CC1)N1CCCC12CCCC2. The van der Waals surface area contributed by atoms with Gasteiger partial charge in [-0.1, -0.05) is 12.8 Å². The number of amidine groups is 1. The molecule has 2 nitrogen and oxygen atoms in total. The summed E-state index contributed by atoms with van der Waals surface area (Å²) in [5, 5.41) is 8.22. The molecule has 2 heteroatoms. The van der Waals surface area contributed by atoms with Crippen LogP contribution in [0, 0.1) is 11.3 Å². The fourth-order valence-corrected chi connectivity index (χ4v) is 3.44. The van der Waals surface area contributed by atoms with Gasteiger partial charge in [-0.25, -0.2) is 0 Å². The maximum absolute atomic E-state index is 8.22. The van der Waals surface area contributed by atoms with Crippen LogP contribution in [-0.4, -0.2) is 22.8 Å². The summed E-state index contributed by atoms with van der Waals surface area (Å²) in [5.41, 5.74) is 0.458. The Hall–Kier alpha value is -0.530. The fourth-order valence-electron chi connectivity index (χ4n) is 3.44. The Morgan fingerprint density at radius 2 is 1.71 bits per heavy atom. The van der Waals surface area contributed by atoms with Crippen LogP contribution in [0.5, 0.6) is 0 Å². The largest absolute Gasteiger partial charge is 0.355 e. The van der Waals surface area contributed by atoms with E-state index in [1.54, 1.807) is 0 Å². The van der Waals surface area contributed by atoms with Crippen molar-refractivity contribution >= 4 is 5.84 Å². The Kier molecular flexibility index (Phi) is 1.86. The van der Waals surface area contributed by atoms with E-state index in [-0.39, 0.29) is 0 Å². The van der Waals surface area contributed by atoms with E-state index in [1.807, 2.05) is 0 Å². The zero-order valence-electron chi connectivity index (χ0n) is 8.89. The van der Waals surface area contributed by atoms with Crippen molar-refractivity contribution in [2.24, 2.45) is 5.92 Å². The molecule has 0 radical (unpaired) electrons. The molecule has 0 unspecified atom stereocenters. The molecule has 2 aliphatic carbocycles. The maximum Gasteiger partial charge on any atom is 0.0994 e. The van der Waals surface area contributed by atoms with E-state index >= 15 is 0 Å². The van der Waals surface area contributed by atoms with Crippen LogP contribution in [0.1, 0.15) is 51.4 Å². The maximum atomic E-state index is 8.22. The average molecular weight is 192 g/mol. The molecule has 0 aromatic heterocycles. The van der Waals surface area contributed by atoms with Crippen molar-refractivity contribution in [3.05, 3.63) is 0 Å². The molecule has 2 saturated carbocycles. The Morgan fingerprint density at radius 3 is 2.36 bits per heavy atom. The Balaban J connectivity index is 1.79. The first kappa shape index (κ1) is 8.75. The smallest absolute Gasteiger partial charge is 0.0994 e. The first-order valence-electron chi connectivity index (χ1n) is 6.18. The van der Waals surface area contributed by atoms with E-state index in [0.717, 1.165) is 5.84 Å².